The van der Waals surface area contributed by atoms with Crippen LogP contribution in [0.3, 0.4) is 0 Å². The Hall–Kier alpha value is -3.28. The average molecular weight is 330 g/mol. The number of benzene rings is 1. The van der Waals surface area contributed by atoms with E-state index in [9.17, 15) is 4.79 Å². The number of hydrogen-bond acceptors (Lipinski definition) is 6. The molecule has 6 nitrogen and oxygen atoms in total. The van der Waals surface area contributed by atoms with E-state index in [-0.39, 0.29) is 11.4 Å². The molecule has 0 saturated carbocycles. The second kappa shape index (κ2) is 4.86. The number of aromatic nitrogens is 3. The van der Waals surface area contributed by atoms with Gasteiger partial charge in [-0.15, -0.1) is 0 Å². The summed E-state index contributed by atoms with van der Waals surface area (Å²) in [6.07, 6.45) is 3.29. The minimum atomic E-state index is -0.0793. The van der Waals surface area contributed by atoms with Gasteiger partial charge in [0, 0.05) is 11.8 Å². The van der Waals surface area contributed by atoms with Gasteiger partial charge in [0.05, 0.1) is 22.2 Å². The number of rotatable bonds is 0. The van der Waals surface area contributed by atoms with Gasteiger partial charge in [-0.3, -0.25) is 4.79 Å². The maximum absolute atomic E-state index is 12.9. The van der Waals surface area contributed by atoms with Crippen molar-refractivity contribution < 1.29 is 4.42 Å². The summed E-state index contributed by atoms with van der Waals surface area (Å²) in [5, 5.41) is 1.02. The van der Waals surface area contributed by atoms with Crippen molar-refractivity contribution in [1.29, 1.82) is 0 Å². The number of nitrogen functional groups attached to an aromatic ring is 1. The number of aryl methyl sites for hydroxylation is 3. The quantitative estimate of drug-likeness (QED) is 0.498. The van der Waals surface area contributed by atoms with E-state index in [1.54, 1.807) is 6.20 Å². The van der Waals surface area contributed by atoms with Crippen LogP contribution in [0, 0.1) is 6.92 Å². The van der Waals surface area contributed by atoms with Crippen LogP contribution < -0.4 is 11.2 Å². The third-order valence-corrected chi connectivity index (χ3v) is 4.67. The Bertz CT molecular complexity index is 1240. The van der Waals surface area contributed by atoms with Crippen molar-refractivity contribution in [2.24, 2.45) is 0 Å². The fraction of sp³-hybridized carbons (Fsp3) is 0.158. The first kappa shape index (κ1) is 14.1. The number of nitrogens with zero attached hydrogens (tertiary/aromatic N) is 3. The van der Waals surface area contributed by atoms with E-state index >= 15 is 0 Å². The van der Waals surface area contributed by atoms with Crippen LogP contribution in [-0.2, 0) is 12.8 Å². The van der Waals surface area contributed by atoms with Gasteiger partial charge in [-0.2, -0.15) is 0 Å². The molecule has 0 amide bonds. The van der Waals surface area contributed by atoms with Crippen LogP contribution in [0.2, 0.25) is 0 Å². The molecule has 1 aromatic carbocycles. The Morgan fingerprint density at radius 3 is 2.88 bits per heavy atom. The minimum absolute atomic E-state index is 0.0793. The largest absolute Gasteiger partial charge is 0.437 e. The fourth-order valence-electron chi connectivity index (χ4n) is 3.42. The van der Waals surface area contributed by atoms with Crippen LogP contribution in [0.25, 0.3) is 33.3 Å². The zero-order valence-corrected chi connectivity index (χ0v) is 13.5. The van der Waals surface area contributed by atoms with Crippen molar-refractivity contribution >= 4 is 28.0 Å². The summed E-state index contributed by atoms with van der Waals surface area (Å²) in [5.41, 5.74) is 11.1. The van der Waals surface area contributed by atoms with Crippen molar-refractivity contribution in [1.82, 2.24) is 15.0 Å². The highest BCUT2D eigenvalue weighted by Gasteiger charge is 2.22. The molecule has 1 aliphatic carbocycles. The molecule has 122 valence electrons. The lowest BCUT2D eigenvalue weighted by molar-refractivity contribution is 0.641. The molecule has 0 fully saturated rings. The second-order valence-electron chi connectivity index (χ2n) is 6.37. The van der Waals surface area contributed by atoms with E-state index in [0.29, 0.717) is 22.1 Å². The molecule has 5 rings (SSSR count). The van der Waals surface area contributed by atoms with Crippen molar-refractivity contribution in [3.05, 3.63) is 57.5 Å². The Balaban J connectivity index is 1.89. The third-order valence-electron chi connectivity index (χ3n) is 4.67. The van der Waals surface area contributed by atoms with Crippen LogP contribution in [0.1, 0.15) is 16.8 Å². The Morgan fingerprint density at radius 1 is 1.12 bits per heavy atom. The lowest BCUT2D eigenvalue weighted by Gasteiger charge is -2.18. The Morgan fingerprint density at radius 2 is 2.00 bits per heavy atom. The number of anilines is 1. The van der Waals surface area contributed by atoms with E-state index in [4.69, 9.17) is 10.2 Å². The zero-order chi connectivity index (χ0) is 17.1. The third kappa shape index (κ3) is 2.04. The summed E-state index contributed by atoms with van der Waals surface area (Å²) in [6.45, 7) is 1.95. The van der Waals surface area contributed by atoms with Gasteiger partial charge in [-0.1, -0.05) is 11.6 Å². The molecule has 6 heteroatoms. The van der Waals surface area contributed by atoms with Gasteiger partial charge in [0.25, 0.3) is 0 Å². The fourth-order valence-corrected chi connectivity index (χ4v) is 3.42. The van der Waals surface area contributed by atoms with Gasteiger partial charge in [0.2, 0.25) is 17.1 Å². The van der Waals surface area contributed by atoms with Crippen molar-refractivity contribution in [3.8, 4) is 11.3 Å². The van der Waals surface area contributed by atoms with Crippen LogP contribution in [0.4, 0.5) is 5.95 Å². The number of hydrogen-bond donors (Lipinski definition) is 1. The van der Waals surface area contributed by atoms with E-state index < -0.39 is 0 Å². The summed E-state index contributed by atoms with van der Waals surface area (Å²) in [6, 6.07) is 7.41. The van der Waals surface area contributed by atoms with Crippen LogP contribution in [-0.4, -0.2) is 15.0 Å². The highest BCUT2D eigenvalue weighted by Crippen LogP contribution is 2.33. The molecule has 0 unspecified atom stereocenters. The predicted octanol–water partition coefficient (Wildman–Crippen LogP) is 2.79. The summed E-state index contributed by atoms with van der Waals surface area (Å²) in [7, 11) is 0. The first-order chi connectivity index (χ1) is 12.1. The van der Waals surface area contributed by atoms with Gasteiger partial charge in [0.1, 0.15) is 5.58 Å². The van der Waals surface area contributed by atoms with E-state index in [0.717, 1.165) is 40.9 Å². The molecule has 0 atom stereocenters. The van der Waals surface area contributed by atoms with Crippen molar-refractivity contribution in [2.45, 2.75) is 19.8 Å². The standard InChI is InChI=1S/C19H14N4O2/c1-9-2-5-15-12(6-9)17(24)13-7-11-14(22-18(13)25-15)4-3-10-8-21-19(20)23-16(10)11/h2,5-8H,3-4H2,1H3,(H2,20,21,23). The highest BCUT2D eigenvalue weighted by molar-refractivity contribution is 5.91. The molecule has 4 aromatic rings. The molecule has 3 heterocycles. The summed E-state index contributed by atoms with van der Waals surface area (Å²) >= 11 is 0. The van der Waals surface area contributed by atoms with Crippen LogP contribution in [0.5, 0.6) is 0 Å². The number of nitrogens with two attached hydrogens (primary N) is 1. The summed E-state index contributed by atoms with van der Waals surface area (Å²) in [4.78, 5) is 26.0. The van der Waals surface area contributed by atoms with E-state index in [2.05, 4.69) is 15.0 Å². The Kier molecular flexibility index (Phi) is 2.74. The average Bonchev–Trinajstić information content (AvgIpc) is 2.61. The maximum atomic E-state index is 12.9. The van der Waals surface area contributed by atoms with Crippen LogP contribution >= 0.6 is 0 Å². The second-order valence-corrected chi connectivity index (χ2v) is 6.37. The monoisotopic (exact) mass is 330 g/mol. The molecule has 0 saturated heterocycles. The lowest BCUT2D eigenvalue weighted by Crippen LogP contribution is -2.12. The molecule has 0 bridgehead atoms. The Labute approximate surface area is 142 Å². The zero-order valence-electron chi connectivity index (χ0n) is 13.5. The minimum Gasteiger partial charge on any atom is -0.437 e. The smallest absolute Gasteiger partial charge is 0.230 e. The SMILES string of the molecule is Cc1ccc2oc3nc4c(cc3c(=O)c2c1)-c1nc(N)ncc1CC4. The first-order valence-electron chi connectivity index (χ1n) is 8.09. The lowest BCUT2D eigenvalue weighted by atomic mass is 9.93. The highest BCUT2D eigenvalue weighted by atomic mass is 16.3. The molecule has 1 aliphatic rings. The van der Waals surface area contributed by atoms with Crippen LogP contribution in [0.15, 0.2) is 39.7 Å². The van der Waals surface area contributed by atoms with Gasteiger partial charge < -0.3 is 10.2 Å². The molecule has 3 aromatic heterocycles. The molecule has 0 aliphatic heterocycles. The molecule has 0 spiro atoms. The summed E-state index contributed by atoms with van der Waals surface area (Å²) < 4.78 is 5.89. The molecule has 2 N–H and O–H groups in total. The van der Waals surface area contributed by atoms with E-state index in [1.807, 2.05) is 31.2 Å². The van der Waals surface area contributed by atoms with Crippen molar-refractivity contribution in [3.63, 3.8) is 0 Å². The van der Waals surface area contributed by atoms with Crippen molar-refractivity contribution in [2.75, 3.05) is 5.73 Å². The van der Waals surface area contributed by atoms with Gasteiger partial charge in [-0.25, -0.2) is 15.0 Å². The topological polar surface area (TPSA) is 94.9 Å². The van der Waals surface area contributed by atoms with Gasteiger partial charge in [0.15, 0.2) is 0 Å². The number of pyridine rings is 1. The normalized spacial score (nSPS) is 13.0. The maximum Gasteiger partial charge on any atom is 0.230 e. The molecule has 25 heavy (non-hydrogen) atoms. The molecule has 0 radical (unpaired) electrons. The molecular weight excluding hydrogens is 316 g/mol. The summed E-state index contributed by atoms with van der Waals surface area (Å²) in [5.74, 6) is 0.216. The first-order valence-corrected chi connectivity index (χ1v) is 8.09. The van der Waals surface area contributed by atoms with E-state index in [1.165, 1.54) is 0 Å². The van der Waals surface area contributed by atoms with Gasteiger partial charge in [-0.05, 0) is 43.5 Å². The molecular formula is C19H14N4O2. The predicted molar refractivity (Wildman–Crippen MR) is 95.4 cm³/mol. The van der Waals surface area contributed by atoms with Gasteiger partial charge >= 0.3 is 0 Å². The number of fused-ring (bicyclic) bond motifs is 5.